The molecule has 0 amide bonds. The SMILES string of the molecule is NN=Cc1cc(F)cc(Br)c1Br. The van der Waals surface area contributed by atoms with Crippen molar-refractivity contribution < 1.29 is 4.39 Å². The number of nitrogens with zero attached hydrogens (tertiary/aromatic N) is 1. The summed E-state index contributed by atoms with van der Waals surface area (Å²) in [6.07, 6.45) is 1.37. The van der Waals surface area contributed by atoms with E-state index in [-0.39, 0.29) is 5.82 Å². The minimum atomic E-state index is -0.333. The Morgan fingerprint density at radius 1 is 1.42 bits per heavy atom. The molecule has 0 aliphatic rings. The second-order valence-corrected chi connectivity index (χ2v) is 3.72. The number of hydrazone groups is 1. The summed E-state index contributed by atoms with van der Waals surface area (Å²) in [5.41, 5.74) is 0.601. The van der Waals surface area contributed by atoms with Gasteiger partial charge in [0.15, 0.2) is 0 Å². The molecule has 0 aromatic heterocycles. The zero-order valence-electron chi connectivity index (χ0n) is 5.89. The fraction of sp³-hybridized carbons (Fsp3) is 0. The Balaban J connectivity index is 3.27. The Bertz CT molecular complexity index is 325. The van der Waals surface area contributed by atoms with Gasteiger partial charge in [0.25, 0.3) is 0 Å². The summed E-state index contributed by atoms with van der Waals surface area (Å²) in [5.74, 6) is 4.61. The van der Waals surface area contributed by atoms with E-state index in [1.165, 1.54) is 18.3 Å². The first kappa shape index (κ1) is 9.67. The fourth-order valence-corrected chi connectivity index (χ4v) is 1.53. The van der Waals surface area contributed by atoms with Crippen LogP contribution in [0.25, 0.3) is 0 Å². The van der Waals surface area contributed by atoms with Crippen molar-refractivity contribution in [3.63, 3.8) is 0 Å². The lowest BCUT2D eigenvalue weighted by Crippen LogP contribution is -1.90. The van der Waals surface area contributed by atoms with E-state index >= 15 is 0 Å². The van der Waals surface area contributed by atoms with E-state index < -0.39 is 0 Å². The van der Waals surface area contributed by atoms with Crippen LogP contribution in [0, 0.1) is 5.82 Å². The van der Waals surface area contributed by atoms with Crippen LogP contribution in [0.5, 0.6) is 0 Å². The van der Waals surface area contributed by atoms with Crippen molar-refractivity contribution in [2.45, 2.75) is 0 Å². The van der Waals surface area contributed by atoms with E-state index in [1.54, 1.807) is 0 Å². The summed E-state index contributed by atoms with van der Waals surface area (Å²) in [6.45, 7) is 0. The minimum Gasteiger partial charge on any atom is -0.323 e. The highest BCUT2D eigenvalue weighted by atomic mass is 79.9. The maximum atomic E-state index is 12.8. The Kier molecular flexibility index (Phi) is 3.22. The molecule has 2 N–H and O–H groups in total. The van der Waals surface area contributed by atoms with Gasteiger partial charge in [-0.25, -0.2) is 4.39 Å². The lowest BCUT2D eigenvalue weighted by Gasteiger charge is -2.00. The molecule has 0 atom stereocenters. The van der Waals surface area contributed by atoms with Crippen molar-refractivity contribution in [1.29, 1.82) is 0 Å². The maximum absolute atomic E-state index is 12.8. The Morgan fingerprint density at radius 2 is 2.08 bits per heavy atom. The van der Waals surface area contributed by atoms with Crippen molar-refractivity contribution in [1.82, 2.24) is 0 Å². The molecule has 0 unspecified atom stereocenters. The van der Waals surface area contributed by atoms with Gasteiger partial charge in [0.1, 0.15) is 5.82 Å². The van der Waals surface area contributed by atoms with Crippen LogP contribution >= 0.6 is 31.9 Å². The fourth-order valence-electron chi connectivity index (χ4n) is 0.750. The molecule has 0 fully saturated rings. The van der Waals surface area contributed by atoms with Gasteiger partial charge < -0.3 is 5.84 Å². The molecule has 0 bridgehead atoms. The standard InChI is InChI=1S/C7H5Br2FN2/c8-6-2-5(10)1-4(3-12-11)7(6)9/h1-3H,11H2. The molecule has 1 aromatic rings. The molecule has 0 radical (unpaired) electrons. The third-order valence-corrected chi connectivity index (χ3v) is 3.28. The monoisotopic (exact) mass is 294 g/mol. The van der Waals surface area contributed by atoms with Crippen molar-refractivity contribution in [3.05, 3.63) is 32.5 Å². The van der Waals surface area contributed by atoms with E-state index in [2.05, 4.69) is 37.0 Å². The molecule has 0 saturated carbocycles. The van der Waals surface area contributed by atoms with Crippen LogP contribution in [0.1, 0.15) is 5.56 Å². The molecular formula is C7H5Br2FN2. The van der Waals surface area contributed by atoms with Gasteiger partial charge in [-0.2, -0.15) is 5.10 Å². The molecule has 0 heterocycles. The third kappa shape index (κ3) is 2.04. The molecule has 1 aromatic carbocycles. The quantitative estimate of drug-likeness (QED) is 0.368. The van der Waals surface area contributed by atoms with Crippen molar-refractivity contribution in [2.24, 2.45) is 10.9 Å². The molecule has 12 heavy (non-hydrogen) atoms. The molecule has 1 rings (SSSR count). The van der Waals surface area contributed by atoms with E-state index in [1.807, 2.05) is 0 Å². The second kappa shape index (κ2) is 4.00. The van der Waals surface area contributed by atoms with Gasteiger partial charge in [-0.1, -0.05) is 0 Å². The zero-order valence-corrected chi connectivity index (χ0v) is 9.06. The number of benzene rings is 1. The molecule has 0 aliphatic carbocycles. The third-order valence-electron chi connectivity index (χ3n) is 1.23. The van der Waals surface area contributed by atoms with Crippen LogP contribution in [0.3, 0.4) is 0 Å². The smallest absolute Gasteiger partial charge is 0.125 e. The zero-order chi connectivity index (χ0) is 9.14. The van der Waals surface area contributed by atoms with Crippen LogP contribution in [0.2, 0.25) is 0 Å². The van der Waals surface area contributed by atoms with E-state index in [0.717, 1.165) is 4.47 Å². The Labute approximate surface area is 85.9 Å². The summed E-state index contributed by atoms with van der Waals surface area (Å²) < 4.78 is 14.1. The van der Waals surface area contributed by atoms with Gasteiger partial charge in [-0.15, -0.1) is 0 Å². The predicted octanol–water partition coefficient (Wildman–Crippen LogP) is 2.64. The predicted molar refractivity (Wildman–Crippen MR) is 53.6 cm³/mol. The van der Waals surface area contributed by atoms with Crippen molar-refractivity contribution in [2.75, 3.05) is 0 Å². The molecule has 64 valence electrons. The van der Waals surface area contributed by atoms with Gasteiger partial charge in [0.2, 0.25) is 0 Å². The number of rotatable bonds is 1. The van der Waals surface area contributed by atoms with Crippen molar-refractivity contribution in [3.8, 4) is 0 Å². The van der Waals surface area contributed by atoms with Gasteiger partial charge in [0, 0.05) is 14.5 Å². The molecule has 0 spiro atoms. The summed E-state index contributed by atoms with van der Waals surface area (Å²) in [4.78, 5) is 0. The number of hydrogen-bond acceptors (Lipinski definition) is 2. The number of halogens is 3. The summed E-state index contributed by atoms with van der Waals surface area (Å²) >= 11 is 6.43. The topological polar surface area (TPSA) is 38.4 Å². The molecule has 5 heteroatoms. The number of nitrogens with two attached hydrogens (primary N) is 1. The molecule has 0 saturated heterocycles. The average molecular weight is 296 g/mol. The first-order valence-corrected chi connectivity index (χ1v) is 4.61. The first-order chi connectivity index (χ1) is 5.65. The highest BCUT2D eigenvalue weighted by Crippen LogP contribution is 2.26. The Hall–Kier alpha value is -0.420. The lowest BCUT2D eigenvalue weighted by atomic mass is 10.2. The van der Waals surface area contributed by atoms with E-state index in [9.17, 15) is 4.39 Å². The van der Waals surface area contributed by atoms with Crippen LogP contribution < -0.4 is 5.84 Å². The Morgan fingerprint density at radius 3 is 2.67 bits per heavy atom. The van der Waals surface area contributed by atoms with E-state index in [4.69, 9.17) is 5.84 Å². The number of hydrogen-bond donors (Lipinski definition) is 1. The second-order valence-electron chi connectivity index (χ2n) is 2.07. The molecular weight excluding hydrogens is 291 g/mol. The van der Waals surface area contributed by atoms with Crippen LogP contribution in [-0.4, -0.2) is 6.21 Å². The normalized spacial score (nSPS) is 10.9. The van der Waals surface area contributed by atoms with Gasteiger partial charge in [-0.3, -0.25) is 0 Å². The highest BCUT2D eigenvalue weighted by Gasteiger charge is 2.04. The van der Waals surface area contributed by atoms with Crippen LogP contribution in [-0.2, 0) is 0 Å². The van der Waals surface area contributed by atoms with Crippen molar-refractivity contribution >= 4 is 38.1 Å². The van der Waals surface area contributed by atoms with E-state index in [0.29, 0.717) is 10.0 Å². The highest BCUT2D eigenvalue weighted by molar-refractivity contribution is 9.13. The summed E-state index contributed by atoms with van der Waals surface area (Å²) in [5, 5.41) is 3.31. The maximum Gasteiger partial charge on any atom is 0.125 e. The van der Waals surface area contributed by atoms with Crippen LogP contribution in [0.15, 0.2) is 26.2 Å². The minimum absolute atomic E-state index is 0.333. The average Bonchev–Trinajstić information content (AvgIpc) is 2.00. The van der Waals surface area contributed by atoms with Crippen LogP contribution in [0.4, 0.5) is 4.39 Å². The van der Waals surface area contributed by atoms with Gasteiger partial charge in [-0.05, 0) is 44.0 Å². The first-order valence-electron chi connectivity index (χ1n) is 3.03. The summed E-state index contributed by atoms with van der Waals surface area (Å²) in [6, 6.07) is 2.70. The van der Waals surface area contributed by atoms with Gasteiger partial charge in [0.05, 0.1) is 6.21 Å². The largest absolute Gasteiger partial charge is 0.323 e. The molecule has 0 aliphatic heterocycles. The van der Waals surface area contributed by atoms with Gasteiger partial charge >= 0.3 is 0 Å². The lowest BCUT2D eigenvalue weighted by molar-refractivity contribution is 0.626. The molecule has 2 nitrogen and oxygen atoms in total. The summed E-state index contributed by atoms with van der Waals surface area (Å²) in [7, 11) is 0.